The number of nitrogens with one attached hydrogen (secondary N) is 1. The molecule has 0 unspecified atom stereocenters. The Morgan fingerprint density at radius 2 is 1.86 bits per heavy atom. The van der Waals surface area contributed by atoms with Crippen molar-refractivity contribution in [2.24, 2.45) is 0 Å². The van der Waals surface area contributed by atoms with Gasteiger partial charge in [0.2, 0.25) is 5.75 Å². The topological polar surface area (TPSA) is 100 Å². The highest BCUT2D eigenvalue weighted by Gasteiger charge is 2.18. The van der Waals surface area contributed by atoms with E-state index >= 15 is 0 Å². The van der Waals surface area contributed by atoms with Gasteiger partial charge in [0.15, 0.2) is 18.1 Å². The third kappa shape index (κ3) is 5.35. The van der Waals surface area contributed by atoms with Gasteiger partial charge in [0.05, 0.1) is 7.11 Å². The molecular weight excluding hydrogens is 378 g/mol. The molecule has 0 bridgehead atoms. The first-order chi connectivity index (χ1) is 14.1. The lowest BCUT2D eigenvalue weighted by Gasteiger charge is -2.20. The number of hydrogen-bond donors (Lipinski definition) is 1. The van der Waals surface area contributed by atoms with Crippen LogP contribution in [0, 0.1) is 0 Å². The summed E-state index contributed by atoms with van der Waals surface area (Å²) in [5.74, 6) is -0.511. The zero-order chi connectivity index (χ0) is 20.6. The van der Waals surface area contributed by atoms with Crippen LogP contribution in [0.25, 0.3) is 6.08 Å². The van der Waals surface area contributed by atoms with Crippen LogP contribution in [0.1, 0.15) is 15.9 Å². The second-order valence-corrected chi connectivity index (χ2v) is 5.93. The largest absolute Gasteiger partial charge is 0.493 e. The van der Waals surface area contributed by atoms with E-state index in [-0.39, 0.29) is 0 Å². The van der Waals surface area contributed by atoms with Crippen molar-refractivity contribution in [3.05, 3.63) is 59.7 Å². The fourth-order valence-corrected chi connectivity index (χ4v) is 2.56. The molecule has 150 valence electrons. The zero-order valence-corrected chi connectivity index (χ0v) is 15.7. The van der Waals surface area contributed by atoms with Crippen LogP contribution in [0.2, 0.25) is 0 Å². The fraction of sp³-hybridized carbons (Fsp3) is 0.190. The monoisotopic (exact) mass is 397 g/mol. The molecule has 1 aliphatic rings. The van der Waals surface area contributed by atoms with Crippen molar-refractivity contribution in [3.63, 3.8) is 0 Å². The van der Waals surface area contributed by atoms with Crippen molar-refractivity contribution in [2.45, 2.75) is 0 Å². The summed E-state index contributed by atoms with van der Waals surface area (Å²) < 4.78 is 21.2. The van der Waals surface area contributed by atoms with Crippen molar-refractivity contribution in [3.8, 4) is 17.2 Å². The Morgan fingerprint density at radius 1 is 1.10 bits per heavy atom. The van der Waals surface area contributed by atoms with Crippen molar-refractivity contribution < 1.29 is 33.3 Å². The molecule has 0 aliphatic carbocycles. The maximum Gasteiger partial charge on any atom is 0.331 e. The predicted octanol–water partition coefficient (Wildman–Crippen LogP) is 1.98. The number of amides is 2. The molecule has 0 atom stereocenters. The summed E-state index contributed by atoms with van der Waals surface area (Å²) in [5.41, 5.74) is 0.964. The summed E-state index contributed by atoms with van der Waals surface area (Å²) in [5, 5.41) is 2.15. The van der Waals surface area contributed by atoms with E-state index in [0.717, 1.165) is 6.08 Å². The fourth-order valence-electron chi connectivity index (χ4n) is 2.56. The van der Waals surface area contributed by atoms with Gasteiger partial charge in [-0.3, -0.25) is 14.9 Å². The summed E-state index contributed by atoms with van der Waals surface area (Å²) in [4.78, 5) is 35.5. The van der Waals surface area contributed by atoms with E-state index in [0.29, 0.717) is 41.6 Å². The van der Waals surface area contributed by atoms with Crippen molar-refractivity contribution >= 4 is 23.9 Å². The van der Waals surface area contributed by atoms with Gasteiger partial charge < -0.3 is 18.9 Å². The number of ether oxygens (including phenoxy) is 4. The highest BCUT2D eigenvalue weighted by atomic mass is 16.6. The first-order valence-corrected chi connectivity index (χ1v) is 8.78. The van der Waals surface area contributed by atoms with Gasteiger partial charge in [-0.15, -0.1) is 0 Å². The number of fused-ring (bicyclic) bond motifs is 1. The van der Waals surface area contributed by atoms with Gasteiger partial charge in [0, 0.05) is 11.6 Å². The van der Waals surface area contributed by atoms with Crippen LogP contribution in [0.3, 0.4) is 0 Å². The standard InChI is InChI=1S/C21H19NO7/c1-26-16-11-14(12-17-20(16)28-10-9-27-17)7-8-19(24)29-13-18(23)22-21(25)15-5-3-2-4-6-15/h2-8,11-12H,9-10,13H2,1H3,(H,22,23,25)/b8-7+. The molecule has 8 nitrogen and oxygen atoms in total. The molecule has 0 saturated carbocycles. The summed E-state index contributed by atoms with van der Waals surface area (Å²) in [6.07, 6.45) is 2.66. The molecule has 0 fully saturated rings. The molecule has 0 radical (unpaired) electrons. The minimum Gasteiger partial charge on any atom is -0.493 e. The molecule has 8 heteroatoms. The third-order valence-electron chi connectivity index (χ3n) is 3.90. The maximum atomic E-state index is 11.9. The Kier molecular flexibility index (Phi) is 6.47. The molecule has 1 aliphatic heterocycles. The van der Waals surface area contributed by atoms with Gasteiger partial charge in [0.1, 0.15) is 13.2 Å². The summed E-state index contributed by atoms with van der Waals surface area (Å²) >= 11 is 0. The molecule has 2 amide bonds. The molecule has 0 aromatic heterocycles. The summed E-state index contributed by atoms with van der Waals surface area (Å²) in [6.45, 7) is 0.272. The van der Waals surface area contributed by atoms with E-state index < -0.39 is 24.4 Å². The van der Waals surface area contributed by atoms with Crippen molar-refractivity contribution in [1.29, 1.82) is 0 Å². The summed E-state index contributed by atoms with van der Waals surface area (Å²) in [7, 11) is 1.50. The Bertz CT molecular complexity index is 920. The van der Waals surface area contributed by atoms with E-state index in [1.54, 1.807) is 42.5 Å². The molecule has 0 saturated heterocycles. The first kappa shape index (κ1) is 19.9. The number of rotatable bonds is 6. The average molecular weight is 397 g/mol. The number of carbonyl (C=O) groups is 3. The molecule has 2 aromatic carbocycles. The molecule has 1 N–H and O–H groups in total. The van der Waals surface area contributed by atoms with Gasteiger partial charge in [-0.05, 0) is 35.9 Å². The van der Waals surface area contributed by atoms with Crippen molar-refractivity contribution in [2.75, 3.05) is 26.9 Å². The number of methoxy groups -OCH3 is 1. The smallest absolute Gasteiger partial charge is 0.331 e. The van der Waals surface area contributed by atoms with Crippen LogP contribution in [0.15, 0.2) is 48.5 Å². The summed E-state index contributed by atoms with van der Waals surface area (Å²) in [6, 6.07) is 11.6. The van der Waals surface area contributed by atoms with Crippen LogP contribution in [0.5, 0.6) is 17.2 Å². The molecule has 2 aromatic rings. The van der Waals surface area contributed by atoms with Crippen LogP contribution >= 0.6 is 0 Å². The van der Waals surface area contributed by atoms with E-state index in [1.807, 2.05) is 0 Å². The van der Waals surface area contributed by atoms with Crippen LogP contribution in [-0.4, -0.2) is 44.7 Å². The highest BCUT2D eigenvalue weighted by molar-refractivity contribution is 6.05. The number of hydrogen-bond acceptors (Lipinski definition) is 7. The van der Waals surface area contributed by atoms with Gasteiger partial charge in [-0.2, -0.15) is 0 Å². The number of carbonyl (C=O) groups excluding carboxylic acids is 3. The molecular formula is C21H19NO7. The van der Waals surface area contributed by atoms with Crippen LogP contribution < -0.4 is 19.5 Å². The maximum absolute atomic E-state index is 11.9. The molecule has 1 heterocycles. The van der Waals surface area contributed by atoms with Gasteiger partial charge in [-0.25, -0.2) is 4.79 Å². The van der Waals surface area contributed by atoms with E-state index in [9.17, 15) is 14.4 Å². The van der Waals surface area contributed by atoms with E-state index in [4.69, 9.17) is 18.9 Å². The van der Waals surface area contributed by atoms with E-state index in [2.05, 4.69) is 5.32 Å². The number of imide groups is 1. The zero-order valence-electron chi connectivity index (χ0n) is 15.7. The van der Waals surface area contributed by atoms with Gasteiger partial charge in [-0.1, -0.05) is 18.2 Å². The van der Waals surface area contributed by atoms with Crippen LogP contribution in [-0.2, 0) is 14.3 Å². The highest BCUT2D eigenvalue weighted by Crippen LogP contribution is 2.40. The average Bonchev–Trinajstić information content (AvgIpc) is 2.76. The lowest BCUT2D eigenvalue weighted by Crippen LogP contribution is -2.33. The quantitative estimate of drug-likeness (QED) is 0.588. The van der Waals surface area contributed by atoms with Gasteiger partial charge in [0.25, 0.3) is 11.8 Å². The molecule has 0 spiro atoms. The number of benzene rings is 2. The second kappa shape index (κ2) is 9.41. The number of esters is 1. The second-order valence-electron chi connectivity index (χ2n) is 5.93. The molecule has 29 heavy (non-hydrogen) atoms. The Hall–Kier alpha value is -3.81. The Balaban J connectivity index is 1.53. The minimum atomic E-state index is -0.735. The van der Waals surface area contributed by atoms with E-state index in [1.165, 1.54) is 13.2 Å². The molecule has 3 rings (SSSR count). The SMILES string of the molecule is COc1cc(/C=C/C(=O)OCC(=O)NC(=O)c2ccccc2)cc2c1OCCO2. The lowest BCUT2D eigenvalue weighted by molar-refractivity contribution is -0.143. The Morgan fingerprint density at radius 3 is 2.62 bits per heavy atom. The Labute approximate surface area is 167 Å². The lowest BCUT2D eigenvalue weighted by atomic mass is 10.1. The van der Waals surface area contributed by atoms with Crippen LogP contribution in [0.4, 0.5) is 0 Å². The predicted molar refractivity (Wildman–Crippen MR) is 103 cm³/mol. The third-order valence-corrected chi connectivity index (χ3v) is 3.90. The minimum absolute atomic E-state index is 0.333. The van der Waals surface area contributed by atoms with Crippen molar-refractivity contribution in [1.82, 2.24) is 5.32 Å². The van der Waals surface area contributed by atoms with Gasteiger partial charge >= 0.3 is 5.97 Å². The normalized spacial score (nSPS) is 12.3. The first-order valence-electron chi connectivity index (χ1n) is 8.78.